The number of alkyl halides is 3. The Labute approximate surface area is 254 Å². The fourth-order valence-corrected chi connectivity index (χ4v) is 5.64. The van der Waals surface area contributed by atoms with Crippen LogP contribution in [0.3, 0.4) is 0 Å². The lowest BCUT2D eigenvalue weighted by atomic mass is 10.0. The number of ether oxygens (including phenoxy) is 2. The molecule has 3 aromatic rings. The monoisotopic (exact) mass is 620 g/mol. The number of nitrogens with one attached hydrogen (secondary N) is 2. The molecule has 4 rings (SSSR count). The number of β-amino-alcohol motifs (C(OH)–C–C–N with tert-alkyl or cyclic N) is 1. The van der Waals surface area contributed by atoms with Gasteiger partial charge in [0.2, 0.25) is 0 Å². The molecule has 1 aromatic heterocycles. The van der Waals surface area contributed by atoms with Crippen molar-refractivity contribution < 1.29 is 32.9 Å². The molecule has 1 atom stereocenters. The van der Waals surface area contributed by atoms with Gasteiger partial charge in [-0.3, -0.25) is 0 Å². The Morgan fingerprint density at radius 1 is 1.14 bits per heavy atom. The van der Waals surface area contributed by atoms with Crippen LogP contribution >= 0.6 is 11.8 Å². The van der Waals surface area contributed by atoms with Crippen molar-refractivity contribution in [1.29, 1.82) is 0 Å². The van der Waals surface area contributed by atoms with Gasteiger partial charge in [-0.05, 0) is 61.4 Å². The Balaban J connectivity index is 1.50. The summed E-state index contributed by atoms with van der Waals surface area (Å²) in [5, 5.41) is 26.6. The van der Waals surface area contributed by atoms with Crippen LogP contribution in [0.1, 0.15) is 18.5 Å². The number of rotatable bonds is 13. The average molecular weight is 621 g/mol. The molecule has 12 heteroatoms. The lowest BCUT2D eigenvalue weighted by Gasteiger charge is -2.34. The normalized spacial score (nSPS) is 15.2. The van der Waals surface area contributed by atoms with E-state index in [0.717, 1.165) is 36.5 Å². The summed E-state index contributed by atoms with van der Waals surface area (Å²) in [5.41, 5.74) is 2.20. The first-order chi connectivity index (χ1) is 20.7. The number of hydrogen-bond acceptors (Lipinski definition) is 8. The van der Waals surface area contributed by atoms with Crippen LogP contribution in [0.15, 0.2) is 47.4 Å². The Kier molecular flexibility index (Phi) is 11.9. The highest BCUT2D eigenvalue weighted by Crippen LogP contribution is 2.32. The molecule has 2 heterocycles. The van der Waals surface area contributed by atoms with Crippen LogP contribution in [-0.2, 0) is 11.3 Å². The van der Waals surface area contributed by atoms with Crippen LogP contribution in [0.4, 0.5) is 24.5 Å². The van der Waals surface area contributed by atoms with E-state index in [9.17, 15) is 18.3 Å². The van der Waals surface area contributed by atoms with Crippen molar-refractivity contribution >= 4 is 34.0 Å². The second-order valence-corrected chi connectivity index (χ2v) is 11.3. The molecule has 0 radical (unpaired) electrons. The molecule has 1 fully saturated rings. The molecule has 1 unspecified atom stereocenters. The molecule has 1 saturated heterocycles. The van der Waals surface area contributed by atoms with Gasteiger partial charge < -0.3 is 39.8 Å². The number of nitrogens with zero attached hydrogens (tertiary/aromatic N) is 2. The van der Waals surface area contributed by atoms with E-state index in [1.165, 1.54) is 4.57 Å². The zero-order valence-corrected chi connectivity index (χ0v) is 25.2. The van der Waals surface area contributed by atoms with Crippen LogP contribution in [0.25, 0.3) is 10.9 Å². The molecule has 2 aromatic carbocycles. The summed E-state index contributed by atoms with van der Waals surface area (Å²) < 4.78 is 52.8. The van der Waals surface area contributed by atoms with Crippen molar-refractivity contribution in [2.45, 2.75) is 42.6 Å². The fourth-order valence-electron chi connectivity index (χ4n) is 5.21. The number of halogens is 3. The number of fused-ring (bicyclic) bond motifs is 1. The third-order valence-electron chi connectivity index (χ3n) is 7.18. The summed E-state index contributed by atoms with van der Waals surface area (Å²) in [6, 6.07) is 12.9. The molecule has 0 amide bonds. The molecule has 4 N–H and O–H groups in total. The molecule has 43 heavy (non-hydrogen) atoms. The average Bonchev–Trinajstić information content (AvgIpc) is 3.32. The molecule has 234 valence electrons. The standard InChI is InChI=1S/C31H39F3N4O4S/c1-41-20-24(40)19-37-13-10-22(11-14-37)36-27-6-3-7-29-26(27)17-23(38(29)21-31(32,33)34)5-4-12-35-28-9-8-25(43-2)18-30(28)42-16-15-39/h3,6-9,17-18,22,24,35-36,39-40H,10-16,19-21H2,1-2H3. The lowest BCUT2D eigenvalue weighted by molar-refractivity contribution is -0.140. The second kappa shape index (κ2) is 15.6. The number of aliphatic hydroxyl groups excluding tert-OH is 2. The number of aromatic nitrogens is 1. The van der Waals surface area contributed by atoms with Gasteiger partial charge in [0.05, 0.1) is 42.8 Å². The SMILES string of the molecule is COCC(O)CN1CCC(Nc2cccc3c2cc(C#CCNc2ccc(SC)cc2OCCO)n3CC(F)(F)F)CC1. The zero-order valence-electron chi connectivity index (χ0n) is 24.4. The van der Waals surface area contributed by atoms with Gasteiger partial charge in [-0.25, -0.2) is 0 Å². The smallest absolute Gasteiger partial charge is 0.406 e. The number of methoxy groups -OCH3 is 1. The Morgan fingerprint density at radius 3 is 2.63 bits per heavy atom. The van der Waals surface area contributed by atoms with Crippen molar-refractivity contribution in [3.63, 3.8) is 0 Å². The molecule has 1 aliphatic heterocycles. The van der Waals surface area contributed by atoms with Crippen LogP contribution < -0.4 is 15.4 Å². The zero-order chi connectivity index (χ0) is 30.8. The van der Waals surface area contributed by atoms with E-state index < -0.39 is 18.8 Å². The maximum atomic E-state index is 13.6. The van der Waals surface area contributed by atoms with Crippen molar-refractivity contribution in [2.75, 3.05) is 70.0 Å². The molecular weight excluding hydrogens is 581 g/mol. The summed E-state index contributed by atoms with van der Waals surface area (Å²) in [7, 11) is 1.56. The van der Waals surface area contributed by atoms with Crippen LogP contribution in [0, 0.1) is 11.8 Å². The number of likely N-dealkylation sites (tertiary alicyclic amines) is 1. The molecule has 8 nitrogen and oxygen atoms in total. The van der Waals surface area contributed by atoms with Gasteiger partial charge in [0, 0.05) is 48.8 Å². The Bertz CT molecular complexity index is 1400. The first-order valence-electron chi connectivity index (χ1n) is 14.2. The highest BCUT2D eigenvalue weighted by Gasteiger charge is 2.30. The first-order valence-corrected chi connectivity index (χ1v) is 15.4. The van der Waals surface area contributed by atoms with E-state index in [1.54, 1.807) is 37.1 Å². The molecule has 0 saturated carbocycles. The predicted molar refractivity (Wildman–Crippen MR) is 165 cm³/mol. The summed E-state index contributed by atoms with van der Waals surface area (Å²) in [6.07, 6.45) is -1.30. The van der Waals surface area contributed by atoms with Gasteiger partial charge >= 0.3 is 6.18 Å². The van der Waals surface area contributed by atoms with Gasteiger partial charge in [0.15, 0.2) is 0 Å². The summed E-state index contributed by atoms with van der Waals surface area (Å²) in [4.78, 5) is 3.19. The second-order valence-electron chi connectivity index (χ2n) is 10.4. The van der Waals surface area contributed by atoms with E-state index in [4.69, 9.17) is 14.6 Å². The minimum atomic E-state index is -4.41. The quantitative estimate of drug-likeness (QED) is 0.162. The number of piperidine rings is 1. The molecule has 0 bridgehead atoms. The predicted octanol–water partition coefficient (Wildman–Crippen LogP) is 4.64. The lowest BCUT2D eigenvalue weighted by Crippen LogP contribution is -2.43. The van der Waals surface area contributed by atoms with E-state index in [0.29, 0.717) is 35.5 Å². The fraction of sp³-hybridized carbons (Fsp3) is 0.484. The molecule has 0 spiro atoms. The highest BCUT2D eigenvalue weighted by atomic mass is 32.2. The van der Waals surface area contributed by atoms with Gasteiger partial charge in [-0.2, -0.15) is 13.2 Å². The number of thioether (sulfide) groups is 1. The largest absolute Gasteiger partial charge is 0.489 e. The van der Waals surface area contributed by atoms with E-state index in [2.05, 4.69) is 27.4 Å². The van der Waals surface area contributed by atoms with Crippen molar-refractivity contribution in [3.05, 3.63) is 48.2 Å². The first kappa shape index (κ1) is 32.8. The van der Waals surface area contributed by atoms with Crippen LogP contribution in [0.5, 0.6) is 5.75 Å². The van der Waals surface area contributed by atoms with Crippen molar-refractivity contribution in [2.24, 2.45) is 0 Å². The van der Waals surface area contributed by atoms with Gasteiger partial charge in [0.1, 0.15) is 18.9 Å². The number of hydrogen-bond donors (Lipinski definition) is 4. The maximum absolute atomic E-state index is 13.6. The van der Waals surface area contributed by atoms with Crippen molar-refractivity contribution in [1.82, 2.24) is 9.47 Å². The van der Waals surface area contributed by atoms with Gasteiger partial charge in [-0.15, -0.1) is 11.8 Å². The molecular formula is C31H39F3N4O4S. The molecule has 1 aliphatic rings. The minimum absolute atomic E-state index is 0.123. The number of anilines is 2. The number of benzene rings is 2. The van der Waals surface area contributed by atoms with Gasteiger partial charge in [-0.1, -0.05) is 12.0 Å². The maximum Gasteiger partial charge on any atom is 0.406 e. The van der Waals surface area contributed by atoms with Crippen molar-refractivity contribution in [3.8, 4) is 17.6 Å². The summed E-state index contributed by atoms with van der Waals surface area (Å²) >= 11 is 1.56. The van der Waals surface area contributed by atoms with E-state index >= 15 is 0 Å². The van der Waals surface area contributed by atoms with E-state index in [-0.39, 0.29) is 31.5 Å². The van der Waals surface area contributed by atoms with Gasteiger partial charge in [0.25, 0.3) is 0 Å². The topological polar surface area (TPSA) is 91.2 Å². The Morgan fingerprint density at radius 2 is 1.93 bits per heavy atom. The van der Waals surface area contributed by atoms with Crippen LogP contribution in [0.2, 0.25) is 0 Å². The summed E-state index contributed by atoms with van der Waals surface area (Å²) in [5.74, 6) is 6.48. The minimum Gasteiger partial charge on any atom is -0.489 e. The Hall–Kier alpha value is -3.08. The van der Waals surface area contributed by atoms with Crippen LogP contribution in [-0.4, -0.2) is 97.4 Å². The van der Waals surface area contributed by atoms with E-state index in [1.807, 2.05) is 30.5 Å². The summed E-state index contributed by atoms with van der Waals surface area (Å²) in [6.45, 7) is 1.51. The molecule has 0 aliphatic carbocycles. The third kappa shape index (κ3) is 9.45. The number of aliphatic hydroxyl groups is 2. The highest BCUT2D eigenvalue weighted by molar-refractivity contribution is 7.98. The third-order valence-corrected chi connectivity index (χ3v) is 7.91.